The number of amides is 2. The Hall–Kier alpha value is -2.02. The van der Waals surface area contributed by atoms with E-state index in [0.29, 0.717) is 11.7 Å². The minimum atomic E-state index is -0.108. The summed E-state index contributed by atoms with van der Waals surface area (Å²) in [7, 11) is 0. The van der Waals surface area contributed by atoms with E-state index in [2.05, 4.69) is 41.7 Å². The number of nitrogens with one attached hydrogen (secondary N) is 1. The number of piperidine rings is 1. The van der Waals surface area contributed by atoms with E-state index >= 15 is 0 Å². The van der Waals surface area contributed by atoms with Crippen LogP contribution in [0.5, 0.6) is 0 Å². The van der Waals surface area contributed by atoms with Crippen LogP contribution < -0.4 is 5.32 Å². The van der Waals surface area contributed by atoms with Crippen LogP contribution in [0.4, 0.5) is 10.6 Å². The van der Waals surface area contributed by atoms with Crippen molar-refractivity contribution in [3.8, 4) is 0 Å². The summed E-state index contributed by atoms with van der Waals surface area (Å²) >= 11 is 1.75. The van der Waals surface area contributed by atoms with Gasteiger partial charge in [0.05, 0.1) is 10.7 Å². The predicted octanol–water partition coefficient (Wildman–Crippen LogP) is 3.64. The smallest absolute Gasteiger partial charge is 0.323 e. The number of aromatic nitrogens is 3. The molecule has 1 N–H and O–H groups in total. The number of anilines is 1. The molecule has 24 heavy (non-hydrogen) atoms. The van der Waals surface area contributed by atoms with Gasteiger partial charge in [0.1, 0.15) is 0 Å². The van der Waals surface area contributed by atoms with Crippen molar-refractivity contribution < 1.29 is 4.79 Å². The van der Waals surface area contributed by atoms with Crippen LogP contribution in [0.15, 0.2) is 23.7 Å². The molecule has 7 heteroatoms. The number of urea groups is 1. The molecular weight excluding hydrogens is 322 g/mol. The van der Waals surface area contributed by atoms with E-state index < -0.39 is 0 Å². The van der Waals surface area contributed by atoms with Crippen molar-refractivity contribution in [3.05, 3.63) is 34.4 Å². The molecule has 3 rings (SSSR count). The Morgan fingerprint density at radius 2 is 2.08 bits per heavy atom. The highest BCUT2D eigenvalue weighted by Gasteiger charge is 2.27. The molecule has 3 heterocycles. The van der Waals surface area contributed by atoms with Crippen molar-refractivity contribution in [1.82, 2.24) is 20.1 Å². The van der Waals surface area contributed by atoms with Crippen LogP contribution in [0.1, 0.15) is 50.2 Å². The number of likely N-dealkylation sites (tertiary alicyclic amines) is 1. The fourth-order valence-electron chi connectivity index (χ4n) is 2.71. The van der Waals surface area contributed by atoms with Crippen molar-refractivity contribution in [1.29, 1.82) is 0 Å². The molecule has 0 aromatic carbocycles. The van der Waals surface area contributed by atoms with Gasteiger partial charge in [-0.3, -0.25) is 5.32 Å². The normalized spacial score (nSPS) is 16.2. The number of carbonyl (C=O) groups is 1. The Balaban J connectivity index is 1.56. The highest BCUT2D eigenvalue weighted by molar-refractivity contribution is 7.09. The summed E-state index contributed by atoms with van der Waals surface area (Å²) in [4.78, 5) is 18.9. The molecule has 0 saturated carbocycles. The Bertz CT molecular complexity index is 687. The third-order valence-corrected chi connectivity index (χ3v) is 5.24. The zero-order chi connectivity index (χ0) is 17.2. The molecule has 0 spiro atoms. The number of hydrogen-bond donors (Lipinski definition) is 1. The van der Waals surface area contributed by atoms with Crippen LogP contribution in [-0.2, 0) is 5.41 Å². The third kappa shape index (κ3) is 3.90. The van der Waals surface area contributed by atoms with E-state index in [0.717, 1.165) is 31.6 Å². The van der Waals surface area contributed by atoms with Crippen molar-refractivity contribution in [3.63, 3.8) is 0 Å². The summed E-state index contributed by atoms with van der Waals surface area (Å²) in [5, 5.41) is 13.8. The summed E-state index contributed by atoms with van der Waals surface area (Å²) in [5.74, 6) is 0.936. The fourth-order valence-corrected chi connectivity index (χ4v) is 3.92. The summed E-state index contributed by atoms with van der Waals surface area (Å²) in [6.45, 7) is 8.03. The van der Waals surface area contributed by atoms with Gasteiger partial charge in [0.2, 0.25) is 0 Å². The van der Waals surface area contributed by atoms with Gasteiger partial charge < -0.3 is 4.90 Å². The van der Waals surface area contributed by atoms with Gasteiger partial charge in [0.25, 0.3) is 0 Å². The Kier molecular flexibility index (Phi) is 4.80. The molecule has 1 aliphatic heterocycles. The Labute approximate surface area is 146 Å². The van der Waals surface area contributed by atoms with Gasteiger partial charge in [-0.25, -0.2) is 9.78 Å². The molecule has 1 fully saturated rings. The molecule has 1 aliphatic rings. The first-order chi connectivity index (χ1) is 11.4. The van der Waals surface area contributed by atoms with E-state index in [1.54, 1.807) is 29.7 Å². The van der Waals surface area contributed by atoms with Gasteiger partial charge in [0.15, 0.2) is 5.82 Å². The van der Waals surface area contributed by atoms with E-state index in [4.69, 9.17) is 4.98 Å². The van der Waals surface area contributed by atoms with Crippen LogP contribution in [0.2, 0.25) is 0 Å². The lowest BCUT2D eigenvalue weighted by molar-refractivity contribution is 0.194. The molecule has 0 bridgehead atoms. The van der Waals surface area contributed by atoms with Gasteiger partial charge in [-0.2, -0.15) is 5.10 Å². The van der Waals surface area contributed by atoms with Crippen molar-refractivity contribution in [2.24, 2.45) is 0 Å². The topological polar surface area (TPSA) is 71.0 Å². The maximum absolute atomic E-state index is 12.3. The van der Waals surface area contributed by atoms with Crippen LogP contribution >= 0.6 is 11.3 Å². The number of thiazole rings is 1. The Morgan fingerprint density at radius 1 is 1.33 bits per heavy atom. The van der Waals surface area contributed by atoms with E-state index in [1.165, 1.54) is 5.01 Å². The molecular formula is C17H23N5OS. The molecule has 0 atom stereocenters. The monoisotopic (exact) mass is 345 g/mol. The molecule has 0 unspecified atom stereocenters. The van der Waals surface area contributed by atoms with Crippen molar-refractivity contribution in [2.75, 3.05) is 18.4 Å². The highest BCUT2D eigenvalue weighted by Crippen LogP contribution is 2.33. The zero-order valence-electron chi connectivity index (χ0n) is 14.3. The average molecular weight is 345 g/mol. The predicted molar refractivity (Wildman–Crippen MR) is 95.4 cm³/mol. The van der Waals surface area contributed by atoms with Gasteiger partial charge in [-0.15, -0.1) is 16.4 Å². The van der Waals surface area contributed by atoms with Crippen LogP contribution in [0, 0.1) is 0 Å². The summed E-state index contributed by atoms with van der Waals surface area (Å²) in [5.41, 5.74) is 1.25. The molecule has 0 radical (unpaired) electrons. The lowest BCUT2D eigenvalue weighted by Crippen LogP contribution is -2.40. The minimum Gasteiger partial charge on any atom is -0.324 e. The SMILES string of the molecule is CC(C)(C)c1csc(C2CCN(C(=O)Nc3cccnn3)CC2)n1. The zero-order valence-corrected chi connectivity index (χ0v) is 15.1. The number of carbonyl (C=O) groups excluding carboxylic acids is 1. The molecule has 2 aromatic rings. The quantitative estimate of drug-likeness (QED) is 0.902. The lowest BCUT2D eigenvalue weighted by Gasteiger charge is -2.31. The van der Waals surface area contributed by atoms with Crippen LogP contribution in [0.25, 0.3) is 0 Å². The summed E-state index contributed by atoms with van der Waals surface area (Å²) in [6, 6.07) is 3.38. The number of rotatable bonds is 2. The third-order valence-electron chi connectivity index (χ3n) is 4.23. The molecule has 2 aromatic heterocycles. The minimum absolute atomic E-state index is 0.0893. The van der Waals surface area contributed by atoms with Gasteiger partial charge in [-0.1, -0.05) is 20.8 Å². The molecule has 128 valence electrons. The van der Waals surface area contributed by atoms with Crippen LogP contribution in [0.3, 0.4) is 0 Å². The Morgan fingerprint density at radius 3 is 2.67 bits per heavy atom. The second-order valence-electron chi connectivity index (χ2n) is 7.12. The van der Waals surface area contributed by atoms with Crippen molar-refractivity contribution in [2.45, 2.75) is 44.9 Å². The first-order valence-electron chi connectivity index (χ1n) is 8.23. The van der Waals surface area contributed by atoms with Gasteiger partial charge >= 0.3 is 6.03 Å². The number of nitrogens with zero attached hydrogens (tertiary/aromatic N) is 4. The first kappa shape index (κ1) is 16.8. The average Bonchev–Trinajstić information content (AvgIpc) is 3.06. The molecule has 0 aliphatic carbocycles. The highest BCUT2D eigenvalue weighted by atomic mass is 32.1. The molecule has 1 saturated heterocycles. The summed E-state index contributed by atoms with van der Waals surface area (Å²) in [6.07, 6.45) is 3.48. The maximum Gasteiger partial charge on any atom is 0.323 e. The molecule has 6 nitrogen and oxygen atoms in total. The van der Waals surface area contributed by atoms with Crippen LogP contribution in [-0.4, -0.2) is 39.2 Å². The summed E-state index contributed by atoms with van der Waals surface area (Å²) < 4.78 is 0. The maximum atomic E-state index is 12.3. The largest absolute Gasteiger partial charge is 0.324 e. The van der Waals surface area contributed by atoms with E-state index in [-0.39, 0.29) is 11.4 Å². The van der Waals surface area contributed by atoms with E-state index in [1.807, 2.05) is 4.90 Å². The van der Waals surface area contributed by atoms with E-state index in [9.17, 15) is 4.79 Å². The number of hydrogen-bond acceptors (Lipinski definition) is 5. The van der Waals surface area contributed by atoms with Crippen molar-refractivity contribution >= 4 is 23.2 Å². The fraction of sp³-hybridized carbons (Fsp3) is 0.529. The standard InChI is InChI=1S/C17H23N5OS/c1-17(2,3)13-11-24-15(19-13)12-6-9-22(10-7-12)16(23)20-14-5-4-8-18-21-14/h4-5,8,11-12H,6-7,9-10H2,1-3H3,(H,20,21,23). The van der Waals surface area contributed by atoms with Gasteiger partial charge in [-0.05, 0) is 25.0 Å². The second-order valence-corrected chi connectivity index (χ2v) is 8.01. The van der Waals surface area contributed by atoms with Gasteiger partial charge in [0, 0.05) is 36.0 Å². The lowest BCUT2D eigenvalue weighted by atomic mass is 9.93. The molecule has 2 amide bonds. The second kappa shape index (κ2) is 6.84. The first-order valence-corrected chi connectivity index (χ1v) is 9.11.